The molecule has 0 saturated carbocycles. The molecule has 0 aromatic carbocycles. The van der Waals surface area contributed by atoms with Crippen molar-refractivity contribution in [2.75, 3.05) is 13.6 Å². The summed E-state index contributed by atoms with van der Waals surface area (Å²) in [5.74, 6) is -0.357. The number of carbonyl (C=O) groups is 1. The largest absolute Gasteiger partial charge is 0.369 e. The number of carbonyl (C=O) groups excluding carboxylic acids is 1. The fourth-order valence-corrected chi connectivity index (χ4v) is 1.95. The highest BCUT2D eigenvalue weighted by Crippen LogP contribution is 2.22. The van der Waals surface area contributed by atoms with Gasteiger partial charge in [0.05, 0.1) is 12.6 Å². The van der Waals surface area contributed by atoms with Crippen molar-refractivity contribution in [2.24, 2.45) is 11.5 Å². The molecule has 0 spiro atoms. The van der Waals surface area contributed by atoms with Crippen molar-refractivity contribution in [3.63, 3.8) is 0 Å². The molecule has 0 fully saturated rings. The maximum atomic E-state index is 11.0. The van der Waals surface area contributed by atoms with Gasteiger partial charge in [-0.05, 0) is 25.1 Å². The molecule has 1 heterocycles. The van der Waals surface area contributed by atoms with Crippen LogP contribution in [0.4, 0.5) is 0 Å². The molecule has 0 aliphatic rings. The van der Waals surface area contributed by atoms with Gasteiger partial charge in [-0.15, -0.1) is 0 Å². The Kier molecular flexibility index (Phi) is 5.06. The van der Waals surface area contributed by atoms with Gasteiger partial charge < -0.3 is 11.5 Å². The van der Waals surface area contributed by atoms with E-state index in [1.807, 2.05) is 31.0 Å². The minimum absolute atomic E-state index is 0.0406. The van der Waals surface area contributed by atoms with Gasteiger partial charge in [0, 0.05) is 18.4 Å². The highest BCUT2D eigenvalue weighted by Gasteiger charge is 2.24. The second-order valence-electron chi connectivity index (χ2n) is 4.18. The van der Waals surface area contributed by atoms with Gasteiger partial charge >= 0.3 is 0 Å². The molecule has 0 aliphatic heterocycles. The molecule has 1 rings (SSSR count). The van der Waals surface area contributed by atoms with Crippen LogP contribution in [0.3, 0.4) is 0 Å². The van der Waals surface area contributed by atoms with Crippen molar-refractivity contribution in [2.45, 2.75) is 25.4 Å². The maximum absolute atomic E-state index is 11.0. The predicted octanol–water partition coefficient (Wildman–Crippen LogP) is 0.277. The molecule has 2 unspecified atom stereocenters. The Morgan fingerprint density at radius 2 is 2.29 bits per heavy atom. The first kappa shape index (κ1) is 13.6. The fraction of sp³-hybridized carbons (Fsp3) is 0.500. The monoisotopic (exact) mass is 236 g/mol. The van der Waals surface area contributed by atoms with E-state index in [0.717, 1.165) is 12.0 Å². The Morgan fingerprint density at radius 1 is 1.59 bits per heavy atom. The Labute approximate surface area is 102 Å². The van der Waals surface area contributed by atoms with E-state index in [-0.39, 0.29) is 24.5 Å². The molecule has 0 radical (unpaired) electrons. The Balaban J connectivity index is 2.92. The van der Waals surface area contributed by atoms with Gasteiger partial charge in [0.25, 0.3) is 0 Å². The van der Waals surface area contributed by atoms with E-state index in [0.29, 0.717) is 0 Å². The van der Waals surface area contributed by atoms with Gasteiger partial charge in [0.1, 0.15) is 0 Å². The van der Waals surface area contributed by atoms with E-state index in [1.165, 1.54) is 0 Å². The normalized spacial score (nSPS) is 14.6. The summed E-state index contributed by atoms with van der Waals surface area (Å²) in [6, 6.07) is 3.73. The quantitative estimate of drug-likeness (QED) is 0.742. The zero-order chi connectivity index (χ0) is 12.8. The zero-order valence-corrected chi connectivity index (χ0v) is 10.3. The van der Waals surface area contributed by atoms with Gasteiger partial charge in [-0.25, -0.2) is 0 Å². The molecule has 0 saturated heterocycles. The van der Waals surface area contributed by atoms with Gasteiger partial charge in [0.15, 0.2) is 0 Å². The number of nitrogens with zero attached hydrogens (tertiary/aromatic N) is 2. The first-order valence-electron chi connectivity index (χ1n) is 5.70. The highest BCUT2D eigenvalue weighted by atomic mass is 16.1. The molecule has 0 aliphatic carbocycles. The molecule has 4 N–H and O–H groups in total. The van der Waals surface area contributed by atoms with Crippen molar-refractivity contribution in [3.8, 4) is 0 Å². The molecular formula is C12H20N4O. The van der Waals surface area contributed by atoms with E-state index in [1.54, 1.807) is 12.4 Å². The summed E-state index contributed by atoms with van der Waals surface area (Å²) < 4.78 is 0. The first-order chi connectivity index (χ1) is 8.06. The molecule has 1 amide bonds. The van der Waals surface area contributed by atoms with Crippen LogP contribution in [0, 0.1) is 0 Å². The van der Waals surface area contributed by atoms with Gasteiger partial charge in [-0.3, -0.25) is 14.7 Å². The summed E-state index contributed by atoms with van der Waals surface area (Å²) in [6.07, 6.45) is 4.31. The van der Waals surface area contributed by atoms with Gasteiger partial charge in [-0.1, -0.05) is 13.0 Å². The Bertz CT molecular complexity index is 355. The summed E-state index contributed by atoms with van der Waals surface area (Å²) in [6.45, 7) is 2.21. The van der Waals surface area contributed by atoms with Crippen LogP contribution >= 0.6 is 0 Å². The first-order valence-corrected chi connectivity index (χ1v) is 5.70. The standard InChI is InChI=1S/C12H20N4O/c1-3-10(13)12(16(2)8-11(14)17)9-5-4-6-15-7-9/h4-7,10,12H,3,8,13H2,1-2H3,(H2,14,17). The number of rotatable bonds is 6. The lowest BCUT2D eigenvalue weighted by Gasteiger charge is -2.31. The number of likely N-dealkylation sites (N-methyl/N-ethyl adjacent to an activating group) is 1. The number of pyridine rings is 1. The smallest absolute Gasteiger partial charge is 0.231 e. The van der Waals surface area contributed by atoms with E-state index >= 15 is 0 Å². The van der Waals surface area contributed by atoms with Crippen molar-refractivity contribution >= 4 is 5.91 Å². The van der Waals surface area contributed by atoms with Crippen LogP contribution in [0.15, 0.2) is 24.5 Å². The minimum atomic E-state index is -0.357. The summed E-state index contributed by atoms with van der Waals surface area (Å²) in [4.78, 5) is 16.9. The molecule has 1 aromatic rings. The lowest BCUT2D eigenvalue weighted by atomic mass is 9.98. The number of aromatic nitrogens is 1. The topological polar surface area (TPSA) is 85.2 Å². The third-order valence-electron chi connectivity index (χ3n) is 2.78. The number of amides is 1. The van der Waals surface area contributed by atoms with Crippen LogP contribution in [0.25, 0.3) is 0 Å². The van der Waals surface area contributed by atoms with Crippen LogP contribution < -0.4 is 11.5 Å². The predicted molar refractivity (Wildman–Crippen MR) is 67.1 cm³/mol. The van der Waals surface area contributed by atoms with E-state index in [2.05, 4.69) is 4.98 Å². The molecule has 1 aromatic heterocycles. The van der Waals surface area contributed by atoms with Crippen molar-refractivity contribution in [3.05, 3.63) is 30.1 Å². The average Bonchev–Trinajstić information content (AvgIpc) is 2.29. The third kappa shape index (κ3) is 3.80. The number of nitrogens with two attached hydrogens (primary N) is 2. The average molecular weight is 236 g/mol. The van der Waals surface area contributed by atoms with Crippen LogP contribution in [-0.4, -0.2) is 35.4 Å². The molecule has 94 valence electrons. The van der Waals surface area contributed by atoms with Crippen LogP contribution in [0.5, 0.6) is 0 Å². The second-order valence-corrected chi connectivity index (χ2v) is 4.18. The number of hydrogen-bond donors (Lipinski definition) is 2. The van der Waals surface area contributed by atoms with Gasteiger partial charge in [0.2, 0.25) is 5.91 Å². The Hall–Kier alpha value is -1.46. The fourth-order valence-electron chi connectivity index (χ4n) is 1.95. The van der Waals surface area contributed by atoms with E-state index < -0.39 is 0 Å². The summed E-state index contributed by atoms with van der Waals surface area (Å²) in [5.41, 5.74) is 12.3. The third-order valence-corrected chi connectivity index (χ3v) is 2.78. The number of primary amides is 1. The van der Waals surface area contributed by atoms with Crippen LogP contribution in [0.1, 0.15) is 24.9 Å². The zero-order valence-electron chi connectivity index (χ0n) is 10.3. The molecule has 5 heteroatoms. The molecular weight excluding hydrogens is 216 g/mol. The SMILES string of the molecule is CCC(N)C(c1cccnc1)N(C)CC(N)=O. The van der Waals surface area contributed by atoms with E-state index in [4.69, 9.17) is 11.5 Å². The molecule has 17 heavy (non-hydrogen) atoms. The highest BCUT2D eigenvalue weighted by molar-refractivity contribution is 5.75. The number of hydrogen-bond acceptors (Lipinski definition) is 4. The summed E-state index contributed by atoms with van der Waals surface area (Å²) in [7, 11) is 1.85. The lowest BCUT2D eigenvalue weighted by Crippen LogP contribution is -2.42. The molecule has 5 nitrogen and oxygen atoms in total. The van der Waals surface area contributed by atoms with Gasteiger partial charge in [-0.2, -0.15) is 0 Å². The minimum Gasteiger partial charge on any atom is -0.369 e. The van der Waals surface area contributed by atoms with Crippen molar-refractivity contribution in [1.82, 2.24) is 9.88 Å². The van der Waals surface area contributed by atoms with E-state index in [9.17, 15) is 4.79 Å². The second kappa shape index (κ2) is 6.32. The van der Waals surface area contributed by atoms with Crippen LogP contribution in [0.2, 0.25) is 0 Å². The summed E-state index contributed by atoms with van der Waals surface area (Å²) >= 11 is 0. The maximum Gasteiger partial charge on any atom is 0.231 e. The van der Waals surface area contributed by atoms with Crippen LogP contribution in [-0.2, 0) is 4.79 Å². The van der Waals surface area contributed by atoms with Crippen molar-refractivity contribution < 1.29 is 4.79 Å². The lowest BCUT2D eigenvalue weighted by molar-refractivity contribution is -0.119. The molecule has 2 atom stereocenters. The Morgan fingerprint density at radius 3 is 2.76 bits per heavy atom. The van der Waals surface area contributed by atoms with Crippen molar-refractivity contribution in [1.29, 1.82) is 0 Å². The summed E-state index contributed by atoms with van der Waals surface area (Å²) in [5, 5.41) is 0. The molecule has 0 bridgehead atoms.